The van der Waals surface area contributed by atoms with Gasteiger partial charge in [-0.05, 0) is 24.3 Å². The largest absolute Gasteiger partial charge is 0.471 e. The minimum absolute atomic E-state index is 0.146. The molecule has 1 amide bonds. The van der Waals surface area contributed by atoms with E-state index in [2.05, 4.69) is 4.98 Å². The Kier molecular flexibility index (Phi) is 4.13. The van der Waals surface area contributed by atoms with Crippen LogP contribution in [-0.4, -0.2) is 35.0 Å². The van der Waals surface area contributed by atoms with Gasteiger partial charge in [-0.15, -0.1) is 0 Å². The van der Waals surface area contributed by atoms with E-state index in [0.29, 0.717) is 0 Å². The third-order valence-electron chi connectivity index (χ3n) is 3.56. The Hall–Kier alpha value is -2.64. The van der Waals surface area contributed by atoms with E-state index in [-0.39, 0.29) is 30.4 Å². The fraction of sp³-hybridized carbons (Fsp3) is 0.250. The second-order valence-electron chi connectivity index (χ2n) is 5.34. The molecule has 3 rings (SSSR count). The van der Waals surface area contributed by atoms with E-state index in [1.54, 1.807) is 0 Å². The number of rotatable bonds is 3. The summed E-state index contributed by atoms with van der Waals surface area (Å²) in [6, 6.07) is 6.96. The summed E-state index contributed by atoms with van der Waals surface area (Å²) in [6.45, 7) is 0.403. The Balaban J connectivity index is 1.59. The maximum absolute atomic E-state index is 13.1. The van der Waals surface area contributed by atoms with Gasteiger partial charge in [-0.2, -0.15) is 13.2 Å². The molecule has 2 aromatic rings. The van der Waals surface area contributed by atoms with E-state index in [0.717, 1.165) is 24.4 Å². The first-order valence-electron chi connectivity index (χ1n) is 7.07. The fourth-order valence-electron chi connectivity index (χ4n) is 2.30. The first-order chi connectivity index (χ1) is 11.3. The maximum Gasteiger partial charge on any atom is 0.416 e. The Bertz CT molecular complexity index is 758. The van der Waals surface area contributed by atoms with Crippen molar-refractivity contribution in [3.05, 3.63) is 59.5 Å². The minimum Gasteiger partial charge on any atom is -0.471 e. The first-order valence-corrected chi connectivity index (χ1v) is 7.07. The molecule has 1 fully saturated rings. The monoisotopic (exact) mass is 340 g/mol. The zero-order chi connectivity index (χ0) is 17.3. The number of ether oxygens (including phenoxy) is 1. The number of likely N-dealkylation sites (tertiary alicyclic amines) is 1. The summed E-state index contributed by atoms with van der Waals surface area (Å²) < 4.78 is 56.3. The van der Waals surface area contributed by atoms with Crippen LogP contribution in [0.5, 0.6) is 5.88 Å². The van der Waals surface area contributed by atoms with Crippen LogP contribution in [0, 0.1) is 5.82 Å². The Morgan fingerprint density at radius 1 is 1.21 bits per heavy atom. The van der Waals surface area contributed by atoms with Gasteiger partial charge >= 0.3 is 6.18 Å². The van der Waals surface area contributed by atoms with E-state index in [4.69, 9.17) is 4.74 Å². The van der Waals surface area contributed by atoms with Gasteiger partial charge in [0.25, 0.3) is 5.91 Å². The molecule has 0 bridgehead atoms. The molecule has 0 spiro atoms. The molecule has 2 heterocycles. The number of amides is 1. The van der Waals surface area contributed by atoms with Crippen molar-refractivity contribution < 1.29 is 27.1 Å². The summed E-state index contributed by atoms with van der Waals surface area (Å²) in [6.07, 6.45) is -3.90. The number of carbonyl (C=O) groups excluding carboxylic acids is 1. The van der Waals surface area contributed by atoms with Gasteiger partial charge in [-0.3, -0.25) is 4.79 Å². The van der Waals surface area contributed by atoms with Crippen LogP contribution in [0.1, 0.15) is 15.9 Å². The highest BCUT2D eigenvalue weighted by molar-refractivity contribution is 5.94. The molecule has 1 aliphatic heterocycles. The summed E-state index contributed by atoms with van der Waals surface area (Å²) in [5.41, 5.74) is -0.634. The summed E-state index contributed by atoms with van der Waals surface area (Å²) in [5.74, 6) is -1.01. The van der Waals surface area contributed by atoms with Crippen LogP contribution in [-0.2, 0) is 6.18 Å². The highest BCUT2D eigenvalue weighted by atomic mass is 19.4. The SMILES string of the molecule is O=C(c1cccc(F)c1)N1CC(Oc2cc(C(F)(F)F)ccn2)C1. The van der Waals surface area contributed by atoms with Crippen LogP contribution < -0.4 is 4.74 Å². The lowest BCUT2D eigenvalue weighted by molar-refractivity contribution is -0.137. The number of halogens is 4. The van der Waals surface area contributed by atoms with Crippen molar-refractivity contribution >= 4 is 5.91 Å². The van der Waals surface area contributed by atoms with Crippen LogP contribution in [0.4, 0.5) is 17.6 Å². The highest BCUT2D eigenvalue weighted by Gasteiger charge is 2.34. The zero-order valence-electron chi connectivity index (χ0n) is 12.3. The van der Waals surface area contributed by atoms with Crippen LogP contribution in [0.25, 0.3) is 0 Å². The normalized spacial score (nSPS) is 15.1. The van der Waals surface area contributed by atoms with E-state index in [1.165, 1.54) is 23.1 Å². The number of carbonyl (C=O) groups is 1. The Labute approximate surface area is 134 Å². The highest BCUT2D eigenvalue weighted by Crippen LogP contribution is 2.31. The number of nitrogens with zero attached hydrogens (tertiary/aromatic N) is 2. The molecular weight excluding hydrogens is 328 g/mol. The molecule has 0 N–H and O–H groups in total. The molecule has 0 aliphatic carbocycles. The zero-order valence-corrected chi connectivity index (χ0v) is 12.3. The summed E-state index contributed by atoms with van der Waals surface area (Å²) in [5, 5.41) is 0. The summed E-state index contributed by atoms with van der Waals surface area (Å²) in [7, 11) is 0. The molecular formula is C16H12F4N2O2. The number of pyridine rings is 1. The quantitative estimate of drug-likeness (QED) is 0.806. The van der Waals surface area contributed by atoms with Crippen molar-refractivity contribution in [1.82, 2.24) is 9.88 Å². The van der Waals surface area contributed by atoms with Crippen molar-refractivity contribution in [2.75, 3.05) is 13.1 Å². The van der Waals surface area contributed by atoms with Crippen LogP contribution >= 0.6 is 0 Å². The molecule has 0 radical (unpaired) electrons. The van der Waals surface area contributed by atoms with Crippen molar-refractivity contribution in [2.45, 2.75) is 12.3 Å². The Morgan fingerprint density at radius 3 is 2.62 bits per heavy atom. The van der Waals surface area contributed by atoms with Crippen LogP contribution in [0.2, 0.25) is 0 Å². The van der Waals surface area contributed by atoms with Gasteiger partial charge in [-0.25, -0.2) is 9.37 Å². The summed E-state index contributed by atoms with van der Waals surface area (Å²) >= 11 is 0. The maximum atomic E-state index is 13.1. The predicted octanol–water partition coefficient (Wildman–Crippen LogP) is 3.14. The second-order valence-corrected chi connectivity index (χ2v) is 5.34. The molecule has 1 aromatic carbocycles. The molecule has 1 aromatic heterocycles. The molecule has 0 atom stereocenters. The number of benzene rings is 1. The van der Waals surface area contributed by atoms with Crippen molar-refractivity contribution in [2.24, 2.45) is 0 Å². The standard InChI is InChI=1S/C16H12F4N2O2/c17-12-3-1-2-10(6-12)15(23)22-8-13(9-22)24-14-7-11(4-5-21-14)16(18,19)20/h1-7,13H,8-9H2. The molecule has 0 saturated carbocycles. The van der Waals surface area contributed by atoms with Gasteiger partial charge in [0.15, 0.2) is 0 Å². The summed E-state index contributed by atoms with van der Waals surface area (Å²) in [4.78, 5) is 17.3. The molecule has 4 nitrogen and oxygen atoms in total. The molecule has 126 valence electrons. The van der Waals surface area contributed by atoms with E-state index in [1.807, 2.05) is 0 Å². The van der Waals surface area contributed by atoms with Gasteiger partial charge in [-0.1, -0.05) is 6.07 Å². The molecule has 1 aliphatic rings. The van der Waals surface area contributed by atoms with Gasteiger partial charge in [0.2, 0.25) is 5.88 Å². The predicted molar refractivity (Wildman–Crippen MR) is 76.0 cm³/mol. The van der Waals surface area contributed by atoms with Gasteiger partial charge in [0.1, 0.15) is 11.9 Å². The second kappa shape index (κ2) is 6.10. The van der Waals surface area contributed by atoms with E-state index in [9.17, 15) is 22.4 Å². The smallest absolute Gasteiger partial charge is 0.416 e. The van der Waals surface area contributed by atoms with Gasteiger partial charge in [0, 0.05) is 17.8 Å². The number of aromatic nitrogens is 1. The van der Waals surface area contributed by atoms with Gasteiger partial charge in [0.05, 0.1) is 18.7 Å². The van der Waals surface area contributed by atoms with E-state index < -0.39 is 23.7 Å². The van der Waals surface area contributed by atoms with Gasteiger partial charge < -0.3 is 9.64 Å². The molecule has 0 unspecified atom stereocenters. The van der Waals surface area contributed by atoms with Crippen LogP contribution in [0.15, 0.2) is 42.6 Å². The van der Waals surface area contributed by atoms with Crippen molar-refractivity contribution in [1.29, 1.82) is 0 Å². The number of alkyl halides is 3. The Morgan fingerprint density at radius 2 is 1.96 bits per heavy atom. The lowest BCUT2D eigenvalue weighted by Crippen LogP contribution is -2.56. The average Bonchev–Trinajstić information content (AvgIpc) is 2.49. The minimum atomic E-state index is -4.47. The van der Waals surface area contributed by atoms with Crippen LogP contribution in [0.3, 0.4) is 0 Å². The lowest BCUT2D eigenvalue weighted by Gasteiger charge is -2.38. The fourth-order valence-corrected chi connectivity index (χ4v) is 2.30. The number of hydrogen-bond donors (Lipinski definition) is 0. The topological polar surface area (TPSA) is 42.4 Å². The third kappa shape index (κ3) is 3.47. The lowest BCUT2D eigenvalue weighted by atomic mass is 10.1. The first kappa shape index (κ1) is 16.2. The molecule has 1 saturated heterocycles. The average molecular weight is 340 g/mol. The molecule has 8 heteroatoms. The van der Waals surface area contributed by atoms with E-state index >= 15 is 0 Å². The number of hydrogen-bond acceptors (Lipinski definition) is 3. The molecule has 24 heavy (non-hydrogen) atoms. The van der Waals surface area contributed by atoms with Crippen molar-refractivity contribution in [3.63, 3.8) is 0 Å². The third-order valence-corrected chi connectivity index (χ3v) is 3.56. The van der Waals surface area contributed by atoms with Crippen molar-refractivity contribution in [3.8, 4) is 5.88 Å².